The van der Waals surface area contributed by atoms with Crippen LogP contribution in [0, 0.1) is 6.92 Å². The number of Topliss-reactive ketones (excluding diaryl/α,β-unsaturated/α-hetero) is 1. The molecule has 0 amide bonds. The molecule has 0 bridgehead atoms. The van der Waals surface area contributed by atoms with Crippen LogP contribution >= 0.6 is 0 Å². The summed E-state index contributed by atoms with van der Waals surface area (Å²) in [6.45, 7) is 2.05. The van der Waals surface area contributed by atoms with E-state index >= 15 is 0 Å². The number of benzene rings is 2. The van der Waals surface area contributed by atoms with Gasteiger partial charge in [-0.25, -0.2) is 0 Å². The normalized spacial score (nSPS) is 17.7. The summed E-state index contributed by atoms with van der Waals surface area (Å²) < 4.78 is 5.98. The maximum atomic E-state index is 12.2. The lowest BCUT2D eigenvalue weighted by atomic mass is 9.89. The zero-order valence-electron chi connectivity index (χ0n) is 11.1. The Hall–Kier alpha value is -2.03. The molecule has 1 aliphatic rings. The zero-order chi connectivity index (χ0) is 13.4. The second-order valence-electron chi connectivity index (χ2n) is 5.15. The van der Waals surface area contributed by atoms with Gasteiger partial charge in [-0.1, -0.05) is 47.4 Å². The predicted octanol–water partition coefficient (Wildman–Crippen LogP) is 1.96. The molecule has 0 N–H and O–H groups in total. The van der Waals surface area contributed by atoms with E-state index in [2.05, 4.69) is 6.07 Å². The Bertz CT molecular complexity index is 649. The molecule has 1 aliphatic heterocycles. The molecule has 2 aromatic rings. The first-order chi connectivity index (χ1) is 9.13. The highest BCUT2D eigenvalue weighted by Crippen LogP contribution is 2.34. The van der Waals surface area contributed by atoms with Gasteiger partial charge in [0.2, 0.25) is 0 Å². The van der Waals surface area contributed by atoms with Gasteiger partial charge in [-0.3, -0.25) is 4.79 Å². The van der Waals surface area contributed by atoms with Crippen molar-refractivity contribution in [3.8, 4) is 5.75 Å². The standard InChI is InChI=1S/C16H15BO2/c1-10-3-2-4-11(7-10)16-9-14(18)13-8-12(17)5-6-15(13)19-16/h2-8,16H,9,17H2,1H3. The highest BCUT2D eigenvalue weighted by Gasteiger charge is 2.27. The monoisotopic (exact) mass is 250 g/mol. The summed E-state index contributed by atoms with van der Waals surface area (Å²) in [7, 11) is 1.99. The van der Waals surface area contributed by atoms with E-state index in [9.17, 15) is 4.79 Å². The molecule has 0 fully saturated rings. The molecular formula is C16H15BO2. The van der Waals surface area contributed by atoms with Crippen molar-refractivity contribution in [2.45, 2.75) is 19.4 Å². The van der Waals surface area contributed by atoms with Crippen LogP contribution in [0.15, 0.2) is 42.5 Å². The molecule has 3 heteroatoms. The molecule has 0 spiro atoms. The molecular weight excluding hydrogens is 235 g/mol. The molecule has 0 aromatic heterocycles. The average molecular weight is 250 g/mol. The van der Waals surface area contributed by atoms with Gasteiger partial charge in [0.05, 0.1) is 12.0 Å². The Morgan fingerprint density at radius 1 is 1.21 bits per heavy atom. The Labute approximate surface area is 113 Å². The lowest BCUT2D eigenvalue weighted by Gasteiger charge is -2.26. The number of hydrogen-bond donors (Lipinski definition) is 0. The maximum Gasteiger partial charge on any atom is 0.170 e. The summed E-state index contributed by atoms with van der Waals surface area (Å²) in [5.41, 5.74) is 4.05. The van der Waals surface area contributed by atoms with Crippen molar-refractivity contribution in [1.82, 2.24) is 0 Å². The molecule has 3 rings (SSSR count). The number of hydrogen-bond acceptors (Lipinski definition) is 2. The van der Waals surface area contributed by atoms with E-state index in [1.807, 2.05) is 51.2 Å². The molecule has 2 nitrogen and oxygen atoms in total. The summed E-state index contributed by atoms with van der Waals surface area (Å²) in [4.78, 5) is 12.2. The molecule has 2 aromatic carbocycles. The van der Waals surface area contributed by atoms with E-state index in [4.69, 9.17) is 4.74 Å². The van der Waals surface area contributed by atoms with E-state index in [1.165, 1.54) is 5.56 Å². The van der Waals surface area contributed by atoms with Gasteiger partial charge in [0.25, 0.3) is 0 Å². The zero-order valence-corrected chi connectivity index (χ0v) is 11.1. The molecule has 1 unspecified atom stereocenters. The van der Waals surface area contributed by atoms with E-state index in [0.29, 0.717) is 17.7 Å². The minimum Gasteiger partial charge on any atom is -0.484 e. The molecule has 0 saturated heterocycles. The molecule has 0 saturated carbocycles. The van der Waals surface area contributed by atoms with Gasteiger partial charge in [-0.2, -0.15) is 0 Å². The van der Waals surface area contributed by atoms with Gasteiger partial charge in [0.1, 0.15) is 19.7 Å². The third-order valence-corrected chi connectivity index (χ3v) is 3.49. The fraction of sp³-hybridized carbons (Fsp3) is 0.188. The third-order valence-electron chi connectivity index (χ3n) is 3.49. The van der Waals surface area contributed by atoms with Crippen molar-refractivity contribution in [2.75, 3.05) is 0 Å². The smallest absolute Gasteiger partial charge is 0.170 e. The number of fused-ring (bicyclic) bond motifs is 1. The summed E-state index contributed by atoms with van der Waals surface area (Å²) in [5.74, 6) is 0.866. The second kappa shape index (κ2) is 4.58. The van der Waals surface area contributed by atoms with Gasteiger partial charge in [0, 0.05) is 0 Å². The number of carbonyl (C=O) groups is 1. The summed E-state index contributed by atoms with van der Waals surface area (Å²) in [6, 6.07) is 13.9. The highest BCUT2D eigenvalue weighted by molar-refractivity contribution is 6.32. The predicted molar refractivity (Wildman–Crippen MR) is 78.1 cm³/mol. The first-order valence-electron chi connectivity index (χ1n) is 6.50. The van der Waals surface area contributed by atoms with Crippen molar-refractivity contribution >= 4 is 19.1 Å². The fourth-order valence-electron chi connectivity index (χ4n) is 2.49. The summed E-state index contributed by atoms with van der Waals surface area (Å²) in [6.07, 6.45) is 0.252. The number of aryl methyl sites for hydroxylation is 1. The van der Waals surface area contributed by atoms with E-state index in [1.54, 1.807) is 0 Å². The van der Waals surface area contributed by atoms with Crippen molar-refractivity contribution < 1.29 is 9.53 Å². The maximum absolute atomic E-state index is 12.2. The van der Waals surface area contributed by atoms with Crippen molar-refractivity contribution in [3.63, 3.8) is 0 Å². The molecule has 0 aliphatic carbocycles. The van der Waals surface area contributed by atoms with Crippen LogP contribution in [0.3, 0.4) is 0 Å². The first-order valence-corrected chi connectivity index (χ1v) is 6.50. The summed E-state index contributed by atoms with van der Waals surface area (Å²) >= 11 is 0. The third kappa shape index (κ3) is 2.28. The van der Waals surface area contributed by atoms with Gasteiger partial charge >= 0.3 is 0 Å². The Morgan fingerprint density at radius 3 is 2.84 bits per heavy atom. The molecule has 94 valence electrons. The lowest BCUT2D eigenvalue weighted by Crippen LogP contribution is -2.22. The van der Waals surface area contributed by atoms with Gasteiger partial charge in [-0.05, 0) is 18.6 Å². The fourth-order valence-corrected chi connectivity index (χ4v) is 2.49. The van der Waals surface area contributed by atoms with Crippen molar-refractivity contribution in [1.29, 1.82) is 0 Å². The van der Waals surface area contributed by atoms with Gasteiger partial charge < -0.3 is 4.74 Å². The van der Waals surface area contributed by atoms with Crippen LogP contribution in [0.5, 0.6) is 5.75 Å². The van der Waals surface area contributed by atoms with Crippen LogP contribution in [0.2, 0.25) is 0 Å². The number of carbonyl (C=O) groups excluding carboxylic acids is 1. The van der Waals surface area contributed by atoms with Crippen molar-refractivity contribution in [3.05, 3.63) is 59.2 Å². The van der Waals surface area contributed by atoms with Crippen LogP contribution in [0.25, 0.3) is 0 Å². The molecule has 0 radical (unpaired) electrons. The van der Waals surface area contributed by atoms with Crippen molar-refractivity contribution in [2.24, 2.45) is 0 Å². The van der Waals surface area contributed by atoms with Gasteiger partial charge in [-0.15, -0.1) is 0 Å². The average Bonchev–Trinajstić information content (AvgIpc) is 2.39. The molecule has 1 heterocycles. The number of ether oxygens (including phenoxy) is 1. The van der Waals surface area contributed by atoms with Crippen LogP contribution in [-0.4, -0.2) is 13.6 Å². The number of ketones is 1. The SMILES string of the molecule is Bc1ccc2c(c1)C(=O)CC(c1cccc(C)c1)O2. The lowest BCUT2D eigenvalue weighted by molar-refractivity contribution is 0.0850. The van der Waals surface area contributed by atoms with E-state index in [0.717, 1.165) is 11.0 Å². The minimum absolute atomic E-state index is 0.163. The Kier molecular flexibility index (Phi) is 2.90. The Balaban J connectivity index is 1.97. The van der Waals surface area contributed by atoms with Crippen LogP contribution in [0.1, 0.15) is 34.0 Å². The first kappa shape index (κ1) is 12.0. The quantitative estimate of drug-likeness (QED) is 0.723. The molecule has 1 atom stereocenters. The van der Waals surface area contributed by atoms with E-state index < -0.39 is 0 Å². The summed E-state index contributed by atoms with van der Waals surface area (Å²) in [5, 5.41) is 0. The van der Waals surface area contributed by atoms with Gasteiger partial charge in [0.15, 0.2) is 5.78 Å². The minimum atomic E-state index is -0.164. The second-order valence-corrected chi connectivity index (χ2v) is 5.15. The highest BCUT2D eigenvalue weighted by atomic mass is 16.5. The van der Waals surface area contributed by atoms with E-state index in [-0.39, 0.29) is 11.9 Å². The molecule has 19 heavy (non-hydrogen) atoms. The van der Waals surface area contributed by atoms with Crippen LogP contribution in [-0.2, 0) is 0 Å². The Morgan fingerprint density at radius 2 is 2.05 bits per heavy atom. The number of rotatable bonds is 1. The van der Waals surface area contributed by atoms with Crippen LogP contribution < -0.4 is 10.2 Å². The topological polar surface area (TPSA) is 26.3 Å². The largest absolute Gasteiger partial charge is 0.484 e. The van der Waals surface area contributed by atoms with Crippen LogP contribution in [0.4, 0.5) is 0 Å².